The second kappa shape index (κ2) is 5.71. The summed E-state index contributed by atoms with van der Waals surface area (Å²) in [6.45, 7) is 12.4. The number of rotatable bonds is 4. The van der Waals surface area contributed by atoms with Gasteiger partial charge in [-0.15, -0.1) is 0 Å². The normalized spacial score (nSPS) is 20.2. The van der Waals surface area contributed by atoms with E-state index in [1.54, 1.807) is 0 Å². The molecule has 3 heteroatoms. The van der Waals surface area contributed by atoms with E-state index in [2.05, 4.69) is 23.2 Å². The van der Waals surface area contributed by atoms with E-state index in [9.17, 15) is 0 Å². The van der Waals surface area contributed by atoms with Gasteiger partial charge in [-0.2, -0.15) is 0 Å². The van der Waals surface area contributed by atoms with Crippen molar-refractivity contribution in [2.45, 2.75) is 19.8 Å². The summed E-state index contributed by atoms with van der Waals surface area (Å²) in [5, 5.41) is 0. The average molecular weight is 207 g/mol. The summed E-state index contributed by atoms with van der Waals surface area (Å²) in [7, 11) is 0. The lowest BCUT2D eigenvalue weighted by Crippen LogP contribution is -2.36. The first-order valence-corrected chi connectivity index (χ1v) is 5.46. The van der Waals surface area contributed by atoms with Gasteiger partial charge >= 0.3 is 0 Å². The maximum absolute atomic E-state index is 5.71. The van der Waals surface area contributed by atoms with E-state index in [0.717, 1.165) is 43.9 Å². The van der Waals surface area contributed by atoms with Crippen LogP contribution >= 0.6 is 0 Å². The van der Waals surface area contributed by atoms with E-state index < -0.39 is 0 Å². The smallest absolute Gasteiger partial charge is 0.0494 e. The molecular weight excluding hydrogens is 186 g/mol. The summed E-state index contributed by atoms with van der Waals surface area (Å²) in [4.78, 5) is 6.37. The lowest BCUT2D eigenvalue weighted by atomic mass is 9.94. The second-order valence-electron chi connectivity index (χ2n) is 4.06. The SMILES string of the molecule is C=N/C(=C\C)CN1CCC(C(=C)N)CC1. The first-order valence-electron chi connectivity index (χ1n) is 5.46. The molecule has 1 rings (SSSR count). The first kappa shape index (κ1) is 12.0. The van der Waals surface area contributed by atoms with Gasteiger partial charge in [0.2, 0.25) is 0 Å². The molecule has 15 heavy (non-hydrogen) atoms. The highest BCUT2D eigenvalue weighted by Crippen LogP contribution is 2.21. The van der Waals surface area contributed by atoms with Crippen molar-refractivity contribution in [3.8, 4) is 0 Å². The van der Waals surface area contributed by atoms with E-state index in [4.69, 9.17) is 5.73 Å². The Bertz CT molecular complexity index is 260. The molecular formula is C12H21N3. The number of nitrogens with zero attached hydrogens (tertiary/aromatic N) is 2. The molecule has 0 amide bonds. The largest absolute Gasteiger partial charge is 0.402 e. The molecule has 3 nitrogen and oxygen atoms in total. The lowest BCUT2D eigenvalue weighted by molar-refractivity contribution is 0.212. The highest BCUT2D eigenvalue weighted by molar-refractivity contribution is 5.29. The first-order chi connectivity index (χ1) is 7.17. The Morgan fingerprint density at radius 3 is 2.53 bits per heavy atom. The molecule has 1 heterocycles. The van der Waals surface area contributed by atoms with Gasteiger partial charge in [0, 0.05) is 23.9 Å². The number of aliphatic imine (C=N–C) groups is 1. The molecule has 0 radical (unpaired) electrons. The summed E-state index contributed by atoms with van der Waals surface area (Å²) in [6, 6.07) is 0. The fraction of sp³-hybridized carbons (Fsp3) is 0.583. The Morgan fingerprint density at radius 1 is 1.53 bits per heavy atom. The highest BCUT2D eigenvalue weighted by Gasteiger charge is 2.20. The number of hydrogen-bond acceptors (Lipinski definition) is 3. The Hall–Kier alpha value is -1.09. The van der Waals surface area contributed by atoms with Crippen LogP contribution in [0.1, 0.15) is 19.8 Å². The van der Waals surface area contributed by atoms with Gasteiger partial charge in [0.15, 0.2) is 0 Å². The Kier molecular flexibility index (Phi) is 4.56. The van der Waals surface area contributed by atoms with Crippen LogP contribution in [0.3, 0.4) is 0 Å². The Balaban J connectivity index is 2.37. The zero-order valence-electron chi connectivity index (χ0n) is 9.58. The van der Waals surface area contributed by atoms with Crippen molar-refractivity contribution in [2.75, 3.05) is 19.6 Å². The van der Waals surface area contributed by atoms with Crippen LogP contribution in [-0.2, 0) is 0 Å². The van der Waals surface area contributed by atoms with Crippen LogP contribution < -0.4 is 5.73 Å². The molecule has 0 saturated carbocycles. The average Bonchev–Trinajstić information content (AvgIpc) is 2.26. The molecule has 0 aliphatic carbocycles. The van der Waals surface area contributed by atoms with Crippen LogP contribution in [-0.4, -0.2) is 31.3 Å². The van der Waals surface area contributed by atoms with Crippen molar-refractivity contribution in [1.82, 2.24) is 4.90 Å². The quantitative estimate of drug-likeness (QED) is 0.714. The molecule has 0 aromatic carbocycles. The van der Waals surface area contributed by atoms with Crippen molar-refractivity contribution in [2.24, 2.45) is 16.6 Å². The maximum Gasteiger partial charge on any atom is 0.0494 e. The predicted molar refractivity (Wildman–Crippen MR) is 65.8 cm³/mol. The maximum atomic E-state index is 5.71. The fourth-order valence-electron chi connectivity index (χ4n) is 1.92. The van der Waals surface area contributed by atoms with Crippen LogP contribution in [0.4, 0.5) is 0 Å². The minimum absolute atomic E-state index is 0.506. The van der Waals surface area contributed by atoms with Crippen molar-refractivity contribution < 1.29 is 0 Å². The zero-order valence-corrected chi connectivity index (χ0v) is 9.58. The van der Waals surface area contributed by atoms with Gasteiger partial charge in [0.25, 0.3) is 0 Å². The minimum atomic E-state index is 0.506. The van der Waals surface area contributed by atoms with Gasteiger partial charge < -0.3 is 5.73 Å². The summed E-state index contributed by atoms with van der Waals surface area (Å²) in [5.74, 6) is 0.506. The third-order valence-electron chi connectivity index (χ3n) is 3.03. The van der Waals surface area contributed by atoms with Gasteiger partial charge in [-0.3, -0.25) is 9.89 Å². The van der Waals surface area contributed by atoms with E-state index in [1.807, 2.05) is 13.0 Å². The fourth-order valence-corrected chi connectivity index (χ4v) is 1.92. The van der Waals surface area contributed by atoms with Crippen molar-refractivity contribution in [3.63, 3.8) is 0 Å². The predicted octanol–water partition coefficient (Wildman–Crippen LogP) is 1.78. The zero-order chi connectivity index (χ0) is 11.3. The van der Waals surface area contributed by atoms with E-state index in [-0.39, 0.29) is 0 Å². The van der Waals surface area contributed by atoms with Crippen molar-refractivity contribution in [1.29, 1.82) is 0 Å². The molecule has 84 valence electrons. The number of likely N-dealkylation sites (tertiary alicyclic amines) is 1. The van der Waals surface area contributed by atoms with Crippen LogP contribution in [0.25, 0.3) is 0 Å². The molecule has 0 unspecified atom stereocenters. The Labute approximate surface area is 92.4 Å². The lowest BCUT2D eigenvalue weighted by Gasteiger charge is -2.31. The molecule has 1 aliphatic rings. The summed E-state index contributed by atoms with van der Waals surface area (Å²) >= 11 is 0. The van der Waals surface area contributed by atoms with E-state index in [0.29, 0.717) is 5.92 Å². The standard InChI is InChI=1S/C12H21N3/c1-4-12(14-3)9-15-7-5-11(6-8-15)10(2)13/h4,11H,2-3,5-9,13H2,1H3/b12-4-. The summed E-state index contributed by atoms with van der Waals surface area (Å²) in [6.07, 6.45) is 4.24. The summed E-state index contributed by atoms with van der Waals surface area (Å²) in [5.41, 5.74) is 7.60. The molecule has 2 N–H and O–H groups in total. The van der Waals surface area contributed by atoms with Crippen molar-refractivity contribution in [3.05, 3.63) is 24.0 Å². The van der Waals surface area contributed by atoms with E-state index in [1.165, 1.54) is 0 Å². The van der Waals surface area contributed by atoms with Gasteiger partial charge in [0.1, 0.15) is 0 Å². The molecule has 0 bridgehead atoms. The molecule has 0 aromatic heterocycles. The monoisotopic (exact) mass is 207 g/mol. The van der Waals surface area contributed by atoms with Gasteiger partial charge in [-0.25, -0.2) is 0 Å². The topological polar surface area (TPSA) is 41.6 Å². The van der Waals surface area contributed by atoms with Crippen molar-refractivity contribution >= 4 is 6.72 Å². The van der Waals surface area contributed by atoms with Gasteiger partial charge in [-0.1, -0.05) is 12.7 Å². The number of nitrogens with two attached hydrogens (primary N) is 1. The minimum Gasteiger partial charge on any atom is -0.402 e. The molecule has 1 fully saturated rings. The number of piperidine rings is 1. The molecule has 1 saturated heterocycles. The van der Waals surface area contributed by atoms with E-state index >= 15 is 0 Å². The summed E-state index contributed by atoms with van der Waals surface area (Å²) < 4.78 is 0. The number of hydrogen-bond donors (Lipinski definition) is 1. The third-order valence-corrected chi connectivity index (χ3v) is 3.03. The van der Waals surface area contributed by atoms with Crippen LogP contribution in [0.15, 0.2) is 29.0 Å². The molecule has 0 atom stereocenters. The van der Waals surface area contributed by atoms with Crippen LogP contribution in [0, 0.1) is 5.92 Å². The van der Waals surface area contributed by atoms with Gasteiger partial charge in [-0.05, 0) is 39.6 Å². The van der Waals surface area contributed by atoms with Crippen LogP contribution in [0.5, 0.6) is 0 Å². The second-order valence-corrected chi connectivity index (χ2v) is 4.06. The van der Waals surface area contributed by atoms with Gasteiger partial charge in [0.05, 0.1) is 0 Å². The number of allylic oxidation sites excluding steroid dienone is 2. The van der Waals surface area contributed by atoms with Crippen LogP contribution in [0.2, 0.25) is 0 Å². The molecule has 0 aromatic rings. The molecule has 0 spiro atoms. The highest BCUT2D eigenvalue weighted by atomic mass is 15.1. The third kappa shape index (κ3) is 3.51. The Morgan fingerprint density at radius 2 is 2.13 bits per heavy atom. The molecule has 1 aliphatic heterocycles.